The molecule has 0 heterocycles. The minimum atomic E-state index is -0.286. The molecule has 0 fully saturated rings. The Morgan fingerprint density at radius 2 is 1.74 bits per heavy atom. The fourth-order valence-corrected chi connectivity index (χ4v) is 1.76. The SMILES string of the molecule is CCOC(=O)CCC(=O)CN(CC)CCCN(C)C. The topological polar surface area (TPSA) is 49.9 Å². The maximum absolute atomic E-state index is 11.8. The van der Waals surface area contributed by atoms with Crippen molar-refractivity contribution in [1.29, 1.82) is 0 Å². The van der Waals surface area contributed by atoms with Crippen LogP contribution in [0.5, 0.6) is 0 Å². The van der Waals surface area contributed by atoms with Gasteiger partial charge in [0.15, 0.2) is 0 Å². The van der Waals surface area contributed by atoms with E-state index in [1.54, 1.807) is 6.92 Å². The molecule has 0 spiro atoms. The third kappa shape index (κ3) is 10.7. The normalized spacial score (nSPS) is 11.1. The number of ether oxygens (including phenoxy) is 1. The molecule has 0 atom stereocenters. The minimum absolute atomic E-state index is 0.111. The zero-order valence-corrected chi connectivity index (χ0v) is 12.8. The highest BCUT2D eigenvalue weighted by Crippen LogP contribution is 1.99. The average Bonchev–Trinajstić information content (AvgIpc) is 2.35. The molecule has 0 amide bonds. The van der Waals surface area contributed by atoms with Crippen LogP contribution < -0.4 is 0 Å². The predicted octanol–water partition coefficient (Wildman–Crippen LogP) is 1.17. The van der Waals surface area contributed by atoms with Gasteiger partial charge in [0.1, 0.15) is 5.78 Å². The third-order valence-electron chi connectivity index (χ3n) is 2.84. The number of hydrogen-bond donors (Lipinski definition) is 0. The van der Waals surface area contributed by atoms with Gasteiger partial charge in [0.25, 0.3) is 0 Å². The van der Waals surface area contributed by atoms with E-state index in [2.05, 4.69) is 9.80 Å². The van der Waals surface area contributed by atoms with Gasteiger partial charge < -0.3 is 9.64 Å². The Balaban J connectivity index is 3.83. The summed E-state index contributed by atoms with van der Waals surface area (Å²) in [5, 5.41) is 0. The van der Waals surface area contributed by atoms with E-state index in [0.29, 0.717) is 13.2 Å². The molecule has 0 aliphatic heterocycles. The second-order valence-corrected chi connectivity index (χ2v) is 4.87. The molecule has 0 saturated heterocycles. The summed E-state index contributed by atoms with van der Waals surface area (Å²) in [7, 11) is 4.08. The molecule has 19 heavy (non-hydrogen) atoms. The van der Waals surface area contributed by atoms with Crippen LogP contribution in [0.15, 0.2) is 0 Å². The molecule has 0 rings (SSSR count). The number of nitrogens with zero attached hydrogens (tertiary/aromatic N) is 2. The number of likely N-dealkylation sites (N-methyl/N-ethyl adjacent to an activating group) is 1. The van der Waals surface area contributed by atoms with Crippen LogP contribution in [0.2, 0.25) is 0 Å². The van der Waals surface area contributed by atoms with Crippen LogP contribution in [-0.4, -0.2) is 68.4 Å². The first-order valence-electron chi connectivity index (χ1n) is 7.04. The van der Waals surface area contributed by atoms with Gasteiger partial charge in [-0.3, -0.25) is 14.5 Å². The number of ketones is 1. The average molecular weight is 272 g/mol. The number of hydrogen-bond acceptors (Lipinski definition) is 5. The Hall–Kier alpha value is -0.940. The van der Waals surface area contributed by atoms with Crippen molar-refractivity contribution in [1.82, 2.24) is 9.80 Å². The van der Waals surface area contributed by atoms with Crippen LogP contribution in [0.3, 0.4) is 0 Å². The monoisotopic (exact) mass is 272 g/mol. The van der Waals surface area contributed by atoms with E-state index in [9.17, 15) is 9.59 Å². The van der Waals surface area contributed by atoms with Gasteiger partial charge in [0.2, 0.25) is 0 Å². The summed E-state index contributed by atoms with van der Waals surface area (Å²) in [6, 6.07) is 0. The predicted molar refractivity (Wildman–Crippen MR) is 76.2 cm³/mol. The molecule has 0 aliphatic carbocycles. The summed E-state index contributed by atoms with van der Waals surface area (Å²) in [5.41, 5.74) is 0. The van der Waals surface area contributed by atoms with E-state index in [0.717, 1.165) is 26.1 Å². The molecule has 0 N–H and O–H groups in total. The van der Waals surface area contributed by atoms with E-state index in [4.69, 9.17) is 4.74 Å². The summed E-state index contributed by atoms with van der Waals surface area (Å²) in [4.78, 5) is 27.2. The summed E-state index contributed by atoms with van der Waals surface area (Å²) in [6.45, 7) is 7.42. The molecule has 0 saturated carbocycles. The van der Waals surface area contributed by atoms with Gasteiger partial charge in [-0.25, -0.2) is 0 Å². The van der Waals surface area contributed by atoms with Crippen LogP contribution in [0, 0.1) is 0 Å². The molecule has 0 aromatic rings. The Morgan fingerprint density at radius 1 is 1.05 bits per heavy atom. The molecule has 0 radical (unpaired) electrons. The van der Waals surface area contributed by atoms with Crippen molar-refractivity contribution in [2.75, 3.05) is 46.9 Å². The lowest BCUT2D eigenvalue weighted by Gasteiger charge is -2.20. The Bertz CT molecular complexity index is 267. The van der Waals surface area contributed by atoms with Gasteiger partial charge in [-0.2, -0.15) is 0 Å². The molecule has 0 aromatic carbocycles. The molecular formula is C14H28N2O3. The molecular weight excluding hydrogens is 244 g/mol. The van der Waals surface area contributed by atoms with Gasteiger partial charge in [-0.05, 0) is 47.1 Å². The van der Waals surface area contributed by atoms with Gasteiger partial charge in [0, 0.05) is 6.42 Å². The Labute approximate surface area is 116 Å². The first kappa shape index (κ1) is 18.1. The third-order valence-corrected chi connectivity index (χ3v) is 2.84. The van der Waals surface area contributed by atoms with E-state index in [1.165, 1.54) is 0 Å². The van der Waals surface area contributed by atoms with Gasteiger partial charge in [-0.15, -0.1) is 0 Å². The highest BCUT2D eigenvalue weighted by atomic mass is 16.5. The van der Waals surface area contributed by atoms with Crippen molar-refractivity contribution >= 4 is 11.8 Å². The molecule has 0 aromatic heterocycles. The number of Topliss-reactive ketones (excluding diaryl/α,β-unsaturated/α-hetero) is 1. The molecule has 0 unspecified atom stereocenters. The van der Waals surface area contributed by atoms with Gasteiger partial charge in [0.05, 0.1) is 19.6 Å². The number of rotatable bonds is 11. The summed E-state index contributed by atoms with van der Waals surface area (Å²) in [6.07, 6.45) is 1.52. The second-order valence-electron chi connectivity index (χ2n) is 4.87. The molecule has 0 bridgehead atoms. The Morgan fingerprint density at radius 3 is 2.26 bits per heavy atom. The summed E-state index contributed by atoms with van der Waals surface area (Å²) >= 11 is 0. The van der Waals surface area contributed by atoms with Gasteiger partial charge in [-0.1, -0.05) is 6.92 Å². The van der Waals surface area contributed by atoms with Crippen molar-refractivity contribution in [2.24, 2.45) is 0 Å². The van der Waals surface area contributed by atoms with E-state index < -0.39 is 0 Å². The summed E-state index contributed by atoms with van der Waals surface area (Å²) in [5.74, 6) is -0.175. The maximum Gasteiger partial charge on any atom is 0.306 e. The quantitative estimate of drug-likeness (QED) is 0.529. The zero-order valence-electron chi connectivity index (χ0n) is 12.8. The standard InChI is InChI=1S/C14H28N2O3/c1-5-16(11-7-10-15(3)4)12-13(17)8-9-14(18)19-6-2/h5-12H2,1-4H3. The van der Waals surface area contributed by atoms with Crippen molar-refractivity contribution in [3.63, 3.8) is 0 Å². The second kappa shape index (κ2) is 10.9. The molecule has 5 heteroatoms. The van der Waals surface area contributed by atoms with Crippen molar-refractivity contribution < 1.29 is 14.3 Å². The molecule has 0 aliphatic rings. The van der Waals surface area contributed by atoms with Crippen molar-refractivity contribution in [2.45, 2.75) is 33.1 Å². The number of carbonyl (C=O) groups excluding carboxylic acids is 2. The van der Waals surface area contributed by atoms with Crippen LogP contribution >= 0.6 is 0 Å². The lowest BCUT2D eigenvalue weighted by molar-refractivity contribution is -0.144. The zero-order chi connectivity index (χ0) is 14.7. The highest BCUT2D eigenvalue weighted by Gasteiger charge is 2.11. The fraction of sp³-hybridized carbons (Fsp3) is 0.857. The van der Waals surface area contributed by atoms with Crippen LogP contribution in [0.25, 0.3) is 0 Å². The van der Waals surface area contributed by atoms with Crippen LogP contribution in [0.1, 0.15) is 33.1 Å². The highest BCUT2D eigenvalue weighted by molar-refractivity contribution is 5.84. The van der Waals surface area contributed by atoms with Crippen molar-refractivity contribution in [3.05, 3.63) is 0 Å². The molecule has 5 nitrogen and oxygen atoms in total. The largest absolute Gasteiger partial charge is 0.466 e. The summed E-state index contributed by atoms with van der Waals surface area (Å²) < 4.78 is 4.80. The first-order chi connectivity index (χ1) is 8.99. The fourth-order valence-electron chi connectivity index (χ4n) is 1.76. The smallest absolute Gasteiger partial charge is 0.306 e. The number of esters is 1. The van der Waals surface area contributed by atoms with E-state index in [-0.39, 0.29) is 24.6 Å². The van der Waals surface area contributed by atoms with E-state index >= 15 is 0 Å². The number of carbonyl (C=O) groups is 2. The maximum atomic E-state index is 11.8. The van der Waals surface area contributed by atoms with E-state index in [1.807, 2.05) is 21.0 Å². The van der Waals surface area contributed by atoms with Crippen LogP contribution in [0.4, 0.5) is 0 Å². The Kier molecular flexibility index (Phi) is 10.4. The van der Waals surface area contributed by atoms with Crippen LogP contribution in [-0.2, 0) is 14.3 Å². The van der Waals surface area contributed by atoms with Crippen molar-refractivity contribution in [3.8, 4) is 0 Å². The van der Waals surface area contributed by atoms with Gasteiger partial charge >= 0.3 is 5.97 Å². The lowest BCUT2D eigenvalue weighted by Crippen LogP contribution is -2.32. The minimum Gasteiger partial charge on any atom is -0.466 e. The first-order valence-corrected chi connectivity index (χ1v) is 7.04. The molecule has 112 valence electrons. The lowest BCUT2D eigenvalue weighted by atomic mass is 10.2.